The van der Waals surface area contributed by atoms with Crippen LogP contribution >= 0.6 is 0 Å². The lowest BCUT2D eigenvalue weighted by Crippen LogP contribution is -2.39. The molecule has 1 saturated carbocycles. The third-order valence-electron chi connectivity index (χ3n) is 7.73. The Kier molecular flexibility index (Phi) is 5.98. The molecule has 6 rings (SSSR count). The highest BCUT2D eigenvalue weighted by Gasteiger charge is 2.71. The zero-order valence-electron chi connectivity index (χ0n) is 22.3. The summed E-state index contributed by atoms with van der Waals surface area (Å²) in [6.45, 7) is 7.01. The number of nitrogens with zero attached hydrogens (tertiary/aromatic N) is 7. The van der Waals surface area contributed by atoms with Crippen LogP contribution in [0.2, 0.25) is 0 Å². The van der Waals surface area contributed by atoms with Crippen molar-refractivity contribution in [2.75, 3.05) is 24.5 Å². The summed E-state index contributed by atoms with van der Waals surface area (Å²) >= 11 is 0. The molecule has 206 valence electrons. The van der Waals surface area contributed by atoms with E-state index in [0.29, 0.717) is 42.1 Å². The van der Waals surface area contributed by atoms with E-state index in [1.807, 2.05) is 20.8 Å². The van der Waals surface area contributed by atoms with Crippen LogP contribution in [-0.4, -0.2) is 68.2 Å². The minimum absolute atomic E-state index is 0.0199. The van der Waals surface area contributed by atoms with Gasteiger partial charge in [0.2, 0.25) is 0 Å². The number of ether oxygens (including phenoxy) is 2. The molecule has 0 radical (unpaired) electrons. The summed E-state index contributed by atoms with van der Waals surface area (Å²) in [4.78, 5) is 32.5. The fraction of sp³-hybridized carbons (Fsp3) is 0.429. The summed E-state index contributed by atoms with van der Waals surface area (Å²) in [6, 6.07) is 10.5. The molecule has 2 saturated heterocycles. The van der Waals surface area contributed by atoms with Crippen LogP contribution in [0.25, 0.3) is 11.1 Å². The van der Waals surface area contributed by atoms with Gasteiger partial charge in [0, 0.05) is 42.2 Å². The summed E-state index contributed by atoms with van der Waals surface area (Å²) in [5.74, 6) is -0.546. The predicted octanol–water partition coefficient (Wildman–Crippen LogP) is 3.76. The van der Waals surface area contributed by atoms with Crippen molar-refractivity contribution in [1.29, 1.82) is 5.26 Å². The molecule has 3 aromatic rings. The number of anilines is 1. The van der Waals surface area contributed by atoms with Gasteiger partial charge in [-0.25, -0.2) is 14.0 Å². The molecular weight excluding hydrogens is 517 g/mol. The molecule has 0 N–H and O–H groups in total. The number of amides is 2. The van der Waals surface area contributed by atoms with Gasteiger partial charge >= 0.3 is 12.2 Å². The molecule has 3 aliphatic rings. The fourth-order valence-electron chi connectivity index (χ4n) is 5.79. The second kappa shape index (κ2) is 9.29. The van der Waals surface area contributed by atoms with Gasteiger partial charge in [-0.15, -0.1) is 10.2 Å². The first-order valence-corrected chi connectivity index (χ1v) is 13.1. The Hall–Kier alpha value is -4.53. The van der Waals surface area contributed by atoms with Gasteiger partial charge in [0.15, 0.2) is 0 Å². The van der Waals surface area contributed by atoms with Crippen molar-refractivity contribution in [3.63, 3.8) is 0 Å². The molecular formula is C28H28FN7O4. The Morgan fingerprint density at radius 2 is 1.90 bits per heavy atom. The van der Waals surface area contributed by atoms with Crippen molar-refractivity contribution in [3.8, 4) is 17.2 Å². The minimum atomic E-state index is -0.765. The van der Waals surface area contributed by atoms with Crippen LogP contribution in [0.4, 0.5) is 19.7 Å². The number of hydrogen-bond acceptors (Lipinski definition) is 8. The van der Waals surface area contributed by atoms with Gasteiger partial charge in [-0.1, -0.05) is 6.07 Å². The van der Waals surface area contributed by atoms with E-state index in [9.17, 15) is 14.9 Å². The number of hydrogen-bond donors (Lipinski definition) is 0. The van der Waals surface area contributed by atoms with E-state index >= 15 is 4.39 Å². The predicted molar refractivity (Wildman–Crippen MR) is 139 cm³/mol. The normalized spacial score (nSPS) is 25.4. The minimum Gasteiger partial charge on any atom is -0.444 e. The van der Waals surface area contributed by atoms with E-state index < -0.39 is 29.0 Å². The number of pyridine rings is 1. The zero-order valence-corrected chi connectivity index (χ0v) is 22.3. The molecule has 2 unspecified atom stereocenters. The maximum absolute atomic E-state index is 15.2. The van der Waals surface area contributed by atoms with Gasteiger partial charge < -0.3 is 18.9 Å². The van der Waals surface area contributed by atoms with Gasteiger partial charge in [-0.3, -0.25) is 9.88 Å². The number of carbonyl (C=O) groups excluding carboxylic acids is 2. The topological polar surface area (TPSA) is 126 Å². The number of rotatable bonds is 5. The highest BCUT2D eigenvalue weighted by Crippen LogP contribution is 2.62. The van der Waals surface area contributed by atoms with Gasteiger partial charge in [-0.2, -0.15) is 5.26 Å². The molecule has 1 aliphatic carbocycles. The van der Waals surface area contributed by atoms with Gasteiger partial charge in [-0.05, 0) is 45.0 Å². The summed E-state index contributed by atoms with van der Waals surface area (Å²) in [7, 11) is 0. The fourth-order valence-corrected chi connectivity index (χ4v) is 5.79. The molecule has 2 aromatic heterocycles. The van der Waals surface area contributed by atoms with Crippen molar-refractivity contribution in [2.45, 2.75) is 44.4 Å². The Labute approximate surface area is 230 Å². The molecule has 0 bridgehead atoms. The SMILES string of the molecule is CC(C)(C)OC(=O)N1CC2C(C1)C2(C#N)c1ccc(-c2ccc(N3C[C@H](Cn4cnnc4)OC3=O)cc2F)cn1. The highest BCUT2D eigenvalue weighted by molar-refractivity contribution is 5.90. The highest BCUT2D eigenvalue weighted by atomic mass is 19.1. The van der Waals surface area contributed by atoms with Crippen LogP contribution in [0, 0.1) is 29.0 Å². The van der Waals surface area contributed by atoms with E-state index in [1.54, 1.807) is 39.9 Å². The van der Waals surface area contributed by atoms with Crippen LogP contribution in [-0.2, 0) is 21.4 Å². The van der Waals surface area contributed by atoms with E-state index in [0.717, 1.165) is 0 Å². The molecule has 11 nitrogen and oxygen atoms in total. The van der Waals surface area contributed by atoms with Crippen LogP contribution in [0.1, 0.15) is 26.5 Å². The lowest BCUT2D eigenvalue weighted by atomic mass is 9.95. The Morgan fingerprint density at radius 1 is 1.18 bits per heavy atom. The van der Waals surface area contributed by atoms with Crippen molar-refractivity contribution in [2.24, 2.45) is 11.8 Å². The molecule has 3 atom stereocenters. The van der Waals surface area contributed by atoms with Crippen molar-refractivity contribution >= 4 is 17.9 Å². The van der Waals surface area contributed by atoms with E-state index in [1.165, 1.54) is 23.6 Å². The molecule has 4 heterocycles. The number of nitriles is 1. The first kappa shape index (κ1) is 25.7. The first-order valence-electron chi connectivity index (χ1n) is 13.1. The van der Waals surface area contributed by atoms with Crippen LogP contribution in [0.15, 0.2) is 49.2 Å². The molecule has 3 fully saturated rings. The number of carbonyl (C=O) groups is 2. The quantitative estimate of drug-likeness (QED) is 0.474. The zero-order chi connectivity index (χ0) is 28.2. The Morgan fingerprint density at radius 3 is 2.50 bits per heavy atom. The average molecular weight is 546 g/mol. The number of piperidine rings is 1. The number of likely N-dealkylation sites (tertiary alicyclic amines) is 1. The maximum Gasteiger partial charge on any atom is 0.414 e. The lowest BCUT2D eigenvalue weighted by Gasteiger charge is -2.27. The number of cyclic esters (lactones) is 1. The summed E-state index contributed by atoms with van der Waals surface area (Å²) < 4.78 is 27.8. The molecule has 2 amide bonds. The number of fused-ring (bicyclic) bond motifs is 1. The smallest absolute Gasteiger partial charge is 0.414 e. The summed E-state index contributed by atoms with van der Waals surface area (Å²) in [5, 5.41) is 17.6. The Bertz CT molecular complexity index is 1480. The molecule has 1 aromatic carbocycles. The molecule has 0 spiro atoms. The van der Waals surface area contributed by atoms with E-state index in [-0.39, 0.29) is 24.5 Å². The molecule has 12 heteroatoms. The number of benzene rings is 1. The van der Waals surface area contributed by atoms with Crippen molar-refractivity contribution in [1.82, 2.24) is 24.6 Å². The molecule has 40 heavy (non-hydrogen) atoms. The van der Waals surface area contributed by atoms with E-state index in [4.69, 9.17) is 9.47 Å². The Balaban J connectivity index is 1.13. The maximum atomic E-state index is 15.2. The lowest BCUT2D eigenvalue weighted by molar-refractivity contribution is 0.0265. The second-order valence-electron chi connectivity index (χ2n) is 11.5. The molecule has 2 aliphatic heterocycles. The van der Waals surface area contributed by atoms with Crippen molar-refractivity contribution < 1.29 is 23.5 Å². The van der Waals surface area contributed by atoms with Crippen LogP contribution < -0.4 is 4.90 Å². The first-order chi connectivity index (χ1) is 19.1. The third-order valence-corrected chi connectivity index (χ3v) is 7.73. The summed E-state index contributed by atoms with van der Waals surface area (Å²) in [6.07, 6.45) is 3.31. The number of aromatic nitrogens is 4. The second-order valence-corrected chi connectivity index (χ2v) is 11.5. The van der Waals surface area contributed by atoms with Gasteiger partial charge in [0.25, 0.3) is 0 Å². The standard InChI is InChI=1S/C28H28FN7O4/c1-27(2,3)40-25(37)35-12-21-22(13-35)28(21,14-30)24-7-4-17(9-31-24)20-6-5-18(8-23(20)29)36-11-19(39-26(36)38)10-34-15-32-33-16-34/h4-9,15-16,19,21-22H,10-13H2,1-3H3/t19-,21?,22?,28?/m0/s1. The van der Waals surface area contributed by atoms with Gasteiger partial charge in [0.05, 0.1) is 30.5 Å². The van der Waals surface area contributed by atoms with E-state index in [2.05, 4.69) is 21.3 Å². The number of halogens is 1. The third kappa shape index (κ3) is 4.41. The monoisotopic (exact) mass is 545 g/mol. The van der Waals surface area contributed by atoms with Crippen molar-refractivity contribution in [3.05, 3.63) is 60.7 Å². The average Bonchev–Trinajstić information content (AvgIpc) is 3.41. The van der Waals surface area contributed by atoms with Gasteiger partial charge in [0.1, 0.15) is 35.6 Å². The van der Waals surface area contributed by atoms with Crippen LogP contribution in [0.3, 0.4) is 0 Å². The van der Waals surface area contributed by atoms with Crippen LogP contribution in [0.5, 0.6) is 0 Å². The summed E-state index contributed by atoms with van der Waals surface area (Å²) in [5.41, 5.74) is 0.546. The largest absolute Gasteiger partial charge is 0.444 e.